The first-order valence-electron chi connectivity index (χ1n) is 10.2. The van der Waals surface area contributed by atoms with Crippen molar-refractivity contribution in [1.82, 2.24) is 10.2 Å². The average Bonchev–Trinajstić information content (AvgIpc) is 3.58. The van der Waals surface area contributed by atoms with Crippen LogP contribution < -0.4 is 11.1 Å². The fourth-order valence-electron chi connectivity index (χ4n) is 3.60. The predicted octanol–water partition coefficient (Wildman–Crippen LogP) is 2.57. The number of nitrogens with zero attached hydrogens (tertiary/aromatic N) is 3. The second kappa shape index (κ2) is 9.17. The van der Waals surface area contributed by atoms with Crippen molar-refractivity contribution in [3.8, 4) is 0 Å². The molecule has 2 aromatic carbocycles. The van der Waals surface area contributed by atoms with Crippen molar-refractivity contribution in [3.05, 3.63) is 71.3 Å². The summed E-state index contributed by atoms with van der Waals surface area (Å²) in [7, 11) is 0. The molecule has 1 heterocycles. The molecule has 4 rings (SSSR count). The van der Waals surface area contributed by atoms with Gasteiger partial charge in [-0.15, -0.1) is 0 Å². The number of aliphatic imine (C=N–C) groups is 2. The Bertz CT molecular complexity index is 924. The summed E-state index contributed by atoms with van der Waals surface area (Å²) in [6.07, 6.45) is 1.80. The van der Waals surface area contributed by atoms with Crippen LogP contribution in [0.2, 0.25) is 0 Å². The number of hydrogen-bond acceptors (Lipinski definition) is 5. The van der Waals surface area contributed by atoms with Gasteiger partial charge in [-0.3, -0.25) is 15.1 Å². The molecule has 6 nitrogen and oxygen atoms in total. The lowest BCUT2D eigenvalue weighted by Crippen LogP contribution is -2.49. The number of benzene rings is 2. The monoisotopic (exact) mass is 407 g/mol. The Balaban J connectivity index is 1.38. The second-order valence-electron chi connectivity index (χ2n) is 7.78. The molecule has 0 saturated heterocycles. The number of amides is 1. The number of carbonyl (C=O) groups excluding carboxylic acids is 1. The number of halogens is 1. The van der Waals surface area contributed by atoms with Crippen LogP contribution in [0.5, 0.6) is 0 Å². The fourth-order valence-corrected chi connectivity index (χ4v) is 3.60. The normalized spacial score (nSPS) is 20.6. The first-order valence-corrected chi connectivity index (χ1v) is 10.2. The summed E-state index contributed by atoms with van der Waals surface area (Å²) in [5.41, 5.74) is 8.21. The molecule has 1 aliphatic heterocycles. The number of nitrogens with two attached hydrogens (primary N) is 1. The number of rotatable bonds is 8. The summed E-state index contributed by atoms with van der Waals surface area (Å²) >= 11 is 0. The summed E-state index contributed by atoms with van der Waals surface area (Å²) in [6.45, 7) is 1.11. The minimum absolute atomic E-state index is 0.214. The lowest BCUT2D eigenvalue weighted by atomic mass is 10.1. The Labute approximate surface area is 175 Å². The van der Waals surface area contributed by atoms with Gasteiger partial charge in [-0.1, -0.05) is 54.6 Å². The van der Waals surface area contributed by atoms with Gasteiger partial charge >= 0.3 is 0 Å². The predicted molar refractivity (Wildman–Crippen MR) is 116 cm³/mol. The van der Waals surface area contributed by atoms with Crippen LogP contribution in [0.1, 0.15) is 29.5 Å². The highest BCUT2D eigenvalue weighted by Gasteiger charge is 2.38. The van der Waals surface area contributed by atoms with Gasteiger partial charge in [0, 0.05) is 19.1 Å². The topological polar surface area (TPSA) is 83.1 Å². The van der Waals surface area contributed by atoms with Gasteiger partial charge in [-0.2, -0.15) is 0 Å². The highest BCUT2D eigenvalue weighted by Crippen LogP contribution is 2.31. The van der Waals surface area contributed by atoms with Gasteiger partial charge in [0.25, 0.3) is 0 Å². The van der Waals surface area contributed by atoms with Gasteiger partial charge in [0.15, 0.2) is 6.17 Å². The van der Waals surface area contributed by atoms with Crippen molar-refractivity contribution in [3.63, 3.8) is 0 Å². The van der Waals surface area contributed by atoms with E-state index in [1.165, 1.54) is 6.34 Å². The molecule has 1 amide bonds. The van der Waals surface area contributed by atoms with Crippen LogP contribution in [0, 0.1) is 0 Å². The van der Waals surface area contributed by atoms with E-state index in [0.29, 0.717) is 25.0 Å². The van der Waals surface area contributed by atoms with Crippen LogP contribution in [0.3, 0.4) is 0 Å². The number of alkyl halides is 1. The van der Waals surface area contributed by atoms with E-state index in [1.54, 1.807) is 0 Å². The van der Waals surface area contributed by atoms with E-state index >= 15 is 4.39 Å². The lowest BCUT2D eigenvalue weighted by Gasteiger charge is -2.32. The van der Waals surface area contributed by atoms with Gasteiger partial charge in [-0.25, -0.2) is 9.38 Å². The Kier molecular flexibility index (Phi) is 6.18. The molecular formula is C23H26FN5O. The highest BCUT2D eigenvalue weighted by atomic mass is 19.1. The standard InChI is InChI=1S/C23H26FN5O/c24-21-22(26-13-17-8-6-16(7-9-17)12-20(25)30)27-15-28-23(21)29(19-10-11-19)14-18-4-2-1-3-5-18/h1-9,15,19,21-22,26H,10-14H2,(H2,25,30). The molecule has 2 atom stereocenters. The molecule has 1 saturated carbocycles. The average molecular weight is 407 g/mol. The van der Waals surface area contributed by atoms with Crippen LogP contribution in [0.15, 0.2) is 64.6 Å². The number of amidine groups is 1. The third-order valence-corrected chi connectivity index (χ3v) is 5.34. The molecule has 2 aromatic rings. The van der Waals surface area contributed by atoms with E-state index in [-0.39, 0.29) is 12.3 Å². The Morgan fingerprint density at radius 2 is 1.77 bits per heavy atom. The van der Waals surface area contributed by atoms with Crippen molar-refractivity contribution in [2.24, 2.45) is 15.7 Å². The van der Waals surface area contributed by atoms with Crippen molar-refractivity contribution in [1.29, 1.82) is 0 Å². The molecule has 3 N–H and O–H groups in total. The molecule has 1 aliphatic carbocycles. The molecule has 156 valence electrons. The number of primary amides is 1. The van der Waals surface area contributed by atoms with Crippen molar-refractivity contribution in [2.45, 2.75) is 50.7 Å². The number of hydrogen-bond donors (Lipinski definition) is 2. The van der Waals surface area contributed by atoms with E-state index in [2.05, 4.69) is 32.3 Å². The van der Waals surface area contributed by atoms with Gasteiger partial charge in [0.1, 0.15) is 18.3 Å². The first-order chi connectivity index (χ1) is 14.6. The molecule has 2 aliphatic rings. The third kappa shape index (κ3) is 5.10. The minimum Gasteiger partial charge on any atom is -0.369 e. The van der Waals surface area contributed by atoms with Crippen LogP contribution >= 0.6 is 0 Å². The number of nitrogens with one attached hydrogen (secondary N) is 1. The summed E-state index contributed by atoms with van der Waals surface area (Å²) in [5, 5.41) is 3.18. The summed E-state index contributed by atoms with van der Waals surface area (Å²) in [5.74, 6) is 0.0888. The van der Waals surface area contributed by atoms with E-state index in [9.17, 15) is 4.79 Å². The van der Waals surface area contributed by atoms with Gasteiger partial charge in [0.2, 0.25) is 5.91 Å². The largest absolute Gasteiger partial charge is 0.369 e. The van der Waals surface area contributed by atoms with Crippen LogP contribution in [-0.4, -0.2) is 41.4 Å². The Morgan fingerprint density at radius 1 is 1.07 bits per heavy atom. The SMILES string of the molecule is NC(=O)Cc1ccc(CNC2N=CN=C(N(Cc3ccccc3)C3CC3)C2F)cc1. The van der Waals surface area contributed by atoms with E-state index in [4.69, 9.17) is 5.73 Å². The van der Waals surface area contributed by atoms with Crippen LogP contribution in [-0.2, 0) is 24.3 Å². The summed E-state index contributed by atoms with van der Waals surface area (Å²) in [6, 6.07) is 18.0. The summed E-state index contributed by atoms with van der Waals surface area (Å²) < 4.78 is 15.4. The summed E-state index contributed by atoms with van der Waals surface area (Å²) in [4.78, 5) is 21.6. The molecule has 2 unspecified atom stereocenters. The quantitative estimate of drug-likeness (QED) is 0.706. The van der Waals surface area contributed by atoms with Gasteiger partial charge in [-0.05, 0) is 29.5 Å². The van der Waals surface area contributed by atoms with E-state index < -0.39 is 12.3 Å². The van der Waals surface area contributed by atoms with Crippen LogP contribution in [0.25, 0.3) is 0 Å². The van der Waals surface area contributed by atoms with E-state index in [0.717, 1.165) is 29.5 Å². The molecule has 0 bridgehead atoms. The molecule has 30 heavy (non-hydrogen) atoms. The zero-order valence-electron chi connectivity index (χ0n) is 16.7. The molecule has 1 fully saturated rings. The maximum atomic E-state index is 15.4. The smallest absolute Gasteiger partial charge is 0.221 e. The first kappa shape index (κ1) is 20.2. The van der Waals surface area contributed by atoms with Gasteiger partial charge in [0.05, 0.1) is 6.42 Å². The van der Waals surface area contributed by atoms with Crippen molar-refractivity contribution < 1.29 is 9.18 Å². The van der Waals surface area contributed by atoms with Crippen molar-refractivity contribution in [2.75, 3.05) is 0 Å². The highest BCUT2D eigenvalue weighted by molar-refractivity contribution is 5.94. The fraction of sp³-hybridized carbons (Fsp3) is 0.348. The second-order valence-corrected chi connectivity index (χ2v) is 7.78. The zero-order valence-corrected chi connectivity index (χ0v) is 16.7. The van der Waals surface area contributed by atoms with Crippen LogP contribution in [0.4, 0.5) is 4.39 Å². The zero-order chi connectivity index (χ0) is 20.9. The maximum Gasteiger partial charge on any atom is 0.221 e. The maximum absolute atomic E-state index is 15.4. The van der Waals surface area contributed by atoms with Crippen molar-refractivity contribution >= 4 is 18.1 Å². The molecular weight excluding hydrogens is 381 g/mol. The minimum atomic E-state index is -1.31. The molecule has 7 heteroatoms. The van der Waals surface area contributed by atoms with E-state index in [1.807, 2.05) is 42.5 Å². The molecule has 0 aromatic heterocycles. The van der Waals surface area contributed by atoms with Gasteiger partial charge < -0.3 is 10.6 Å². The lowest BCUT2D eigenvalue weighted by molar-refractivity contribution is -0.117. The Hall–Kier alpha value is -3.06. The molecule has 0 radical (unpaired) electrons. The third-order valence-electron chi connectivity index (χ3n) is 5.34. The Morgan fingerprint density at radius 3 is 2.43 bits per heavy atom. The number of carbonyl (C=O) groups is 1. The molecule has 0 spiro atoms.